The molecule has 9 rings (SSSR count). The van der Waals surface area contributed by atoms with Gasteiger partial charge in [-0.15, -0.1) is 10.2 Å². The van der Waals surface area contributed by atoms with Crippen LogP contribution in [-0.4, -0.2) is 106 Å². The second-order valence-electron chi connectivity index (χ2n) is 17.2. The number of aromatic hydroxyl groups is 1. The molecule has 0 saturated carbocycles. The van der Waals surface area contributed by atoms with Gasteiger partial charge in [-0.25, -0.2) is 4.79 Å². The zero-order chi connectivity index (χ0) is 42.4. The van der Waals surface area contributed by atoms with Crippen LogP contribution in [0.3, 0.4) is 0 Å². The van der Waals surface area contributed by atoms with E-state index in [2.05, 4.69) is 61.9 Å². The van der Waals surface area contributed by atoms with E-state index in [4.69, 9.17) is 10.5 Å². The molecule has 0 bridgehead atoms. The SMILES string of the molecule is Cc1cc([C@H]2CN(c3cc(-c4ccccc4O)nnc3N)CCO2)c(C)cc1C(=O)N1CCC(CN2CCC(n3c(C)cc4c(N5CCC(=O)NC5=O)cccc43)CC2)CC1. The van der Waals surface area contributed by atoms with Crippen LogP contribution in [0.4, 0.5) is 22.0 Å². The molecule has 0 aliphatic carbocycles. The number of nitrogens with one attached hydrogen (secondary N) is 1. The number of rotatable bonds is 8. The van der Waals surface area contributed by atoms with Gasteiger partial charge in [0.25, 0.3) is 5.91 Å². The van der Waals surface area contributed by atoms with Crippen molar-refractivity contribution in [2.45, 2.75) is 65.0 Å². The highest BCUT2D eigenvalue weighted by Crippen LogP contribution is 2.38. The summed E-state index contributed by atoms with van der Waals surface area (Å²) in [4.78, 5) is 47.0. The molecule has 14 heteroatoms. The molecule has 0 unspecified atom stereocenters. The number of aromatic nitrogens is 3. The topological polar surface area (TPSA) is 162 Å². The third-order valence-corrected chi connectivity index (χ3v) is 13.3. The number of piperidine rings is 2. The summed E-state index contributed by atoms with van der Waals surface area (Å²) in [5, 5.41) is 22.4. The number of carbonyl (C=O) groups excluding carboxylic acids is 3. The van der Waals surface area contributed by atoms with Crippen LogP contribution in [0.15, 0.2) is 66.7 Å². The molecule has 2 aromatic heterocycles. The number of nitrogen functional groups attached to an aromatic ring is 1. The van der Waals surface area contributed by atoms with Crippen molar-refractivity contribution in [2.75, 3.05) is 74.5 Å². The maximum absolute atomic E-state index is 14.0. The predicted octanol–water partition coefficient (Wildman–Crippen LogP) is 6.52. The zero-order valence-electron chi connectivity index (χ0n) is 35.3. The minimum atomic E-state index is -0.356. The number of phenolic OH excluding ortho intramolecular Hbond substituents is 1. The average molecular weight is 826 g/mol. The van der Waals surface area contributed by atoms with Gasteiger partial charge >= 0.3 is 6.03 Å². The second kappa shape index (κ2) is 16.8. The monoisotopic (exact) mass is 825 g/mol. The standard InChI is InChI=1S/C47H55N9O5/c1-29-24-36(30(2)23-35(29)43-28-54(21-22-61-43)41-26-38(50-51-45(41)48)34-7-4-5-10-42(34)57)46(59)53-18-11-32(12-19-53)27-52-16-13-33(14-17-52)56-31(3)25-37-39(8-6-9-40(37)56)55-20-15-44(58)49-47(55)60/h4-10,23-26,32-33,43,57H,11-22,27-28H2,1-3H3,(H2,48,51)(H,49,58,60)/t43-/m1/s1. The fraction of sp³-hybridized carbons (Fsp3) is 0.426. The van der Waals surface area contributed by atoms with Gasteiger partial charge in [0, 0.05) is 87.0 Å². The van der Waals surface area contributed by atoms with Gasteiger partial charge in [-0.3, -0.25) is 19.8 Å². The Bertz CT molecular complexity index is 2490. The quantitative estimate of drug-likeness (QED) is 0.157. The van der Waals surface area contributed by atoms with E-state index < -0.39 is 0 Å². The number of urea groups is 1. The number of imide groups is 1. The van der Waals surface area contributed by atoms with E-state index in [0.29, 0.717) is 61.7 Å². The zero-order valence-corrected chi connectivity index (χ0v) is 35.3. The molecule has 6 heterocycles. The lowest BCUT2D eigenvalue weighted by atomic mass is 9.92. The minimum absolute atomic E-state index is 0.0943. The highest BCUT2D eigenvalue weighted by atomic mass is 16.5. The number of amides is 4. The van der Waals surface area contributed by atoms with E-state index in [1.807, 2.05) is 42.2 Å². The van der Waals surface area contributed by atoms with Crippen molar-refractivity contribution in [3.63, 3.8) is 0 Å². The Kier molecular flexibility index (Phi) is 11.1. The number of ether oxygens (including phenoxy) is 1. The number of nitrogens with zero attached hydrogens (tertiary/aromatic N) is 7. The van der Waals surface area contributed by atoms with Gasteiger partial charge in [0.2, 0.25) is 5.91 Å². The molecule has 3 aromatic carbocycles. The van der Waals surface area contributed by atoms with Gasteiger partial charge < -0.3 is 34.8 Å². The van der Waals surface area contributed by atoms with Crippen molar-refractivity contribution in [3.8, 4) is 17.0 Å². The molecule has 5 aromatic rings. The summed E-state index contributed by atoms with van der Waals surface area (Å²) in [6, 6.07) is 21.4. The number of morpholine rings is 1. The van der Waals surface area contributed by atoms with Gasteiger partial charge in [0.05, 0.1) is 29.2 Å². The fourth-order valence-electron chi connectivity index (χ4n) is 10.0. The van der Waals surface area contributed by atoms with Crippen LogP contribution < -0.4 is 20.9 Å². The van der Waals surface area contributed by atoms with Crippen LogP contribution in [0.5, 0.6) is 5.75 Å². The summed E-state index contributed by atoms with van der Waals surface area (Å²) < 4.78 is 8.76. The van der Waals surface area contributed by atoms with E-state index >= 15 is 0 Å². The number of anilines is 3. The van der Waals surface area contributed by atoms with Crippen molar-refractivity contribution >= 4 is 45.9 Å². The minimum Gasteiger partial charge on any atom is -0.507 e. The van der Waals surface area contributed by atoms with Crippen LogP contribution >= 0.6 is 0 Å². The molecular formula is C47H55N9O5. The molecule has 4 N–H and O–H groups in total. The van der Waals surface area contributed by atoms with Gasteiger partial charge in [0.15, 0.2) is 5.82 Å². The molecule has 4 fully saturated rings. The lowest BCUT2D eigenvalue weighted by Crippen LogP contribution is -2.49. The third kappa shape index (κ3) is 8.02. The van der Waals surface area contributed by atoms with Crippen LogP contribution in [0.25, 0.3) is 22.2 Å². The first-order valence-electron chi connectivity index (χ1n) is 21.6. The number of carbonyl (C=O) groups is 3. The maximum atomic E-state index is 14.0. The van der Waals surface area contributed by atoms with Gasteiger partial charge in [0.1, 0.15) is 11.9 Å². The second-order valence-corrected chi connectivity index (χ2v) is 17.2. The Morgan fingerprint density at radius 1 is 0.869 bits per heavy atom. The smallest absolute Gasteiger partial charge is 0.328 e. The number of hydrogen-bond donors (Lipinski definition) is 3. The molecule has 4 amide bonds. The van der Waals surface area contributed by atoms with Gasteiger partial charge in [-0.05, 0) is 112 Å². The Hall–Kier alpha value is -5.99. The largest absolute Gasteiger partial charge is 0.507 e. The van der Waals surface area contributed by atoms with Crippen LogP contribution in [0.1, 0.15) is 77.0 Å². The number of para-hydroxylation sites is 1. The highest BCUT2D eigenvalue weighted by molar-refractivity contribution is 6.09. The van der Waals surface area contributed by atoms with E-state index in [-0.39, 0.29) is 29.7 Å². The summed E-state index contributed by atoms with van der Waals surface area (Å²) >= 11 is 0. The molecule has 4 aliphatic rings. The fourth-order valence-corrected chi connectivity index (χ4v) is 10.0. The first kappa shape index (κ1) is 40.4. The first-order valence-corrected chi connectivity index (χ1v) is 21.6. The predicted molar refractivity (Wildman–Crippen MR) is 236 cm³/mol. The van der Waals surface area contributed by atoms with Crippen LogP contribution in [0.2, 0.25) is 0 Å². The maximum Gasteiger partial charge on any atom is 0.328 e. The Morgan fingerprint density at radius 3 is 2.43 bits per heavy atom. The molecule has 14 nitrogen and oxygen atoms in total. The van der Waals surface area contributed by atoms with E-state index in [1.54, 1.807) is 23.1 Å². The van der Waals surface area contributed by atoms with E-state index in [9.17, 15) is 19.5 Å². The number of hydrogen-bond acceptors (Lipinski definition) is 10. The molecule has 0 radical (unpaired) electrons. The van der Waals surface area contributed by atoms with Crippen molar-refractivity contribution in [1.82, 2.24) is 29.9 Å². The normalized spacial score (nSPS) is 19.8. The van der Waals surface area contributed by atoms with Crippen molar-refractivity contribution in [2.24, 2.45) is 5.92 Å². The number of phenols is 1. The number of nitrogens with two attached hydrogens (primary N) is 1. The average Bonchev–Trinajstić information content (AvgIpc) is 3.61. The molecule has 318 valence electrons. The van der Waals surface area contributed by atoms with Gasteiger partial charge in [-0.2, -0.15) is 0 Å². The van der Waals surface area contributed by atoms with E-state index in [1.165, 1.54) is 5.69 Å². The molecular weight excluding hydrogens is 771 g/mol. The summed E-state index contributed by atoms with van der Waals surface area (Å²) in [7, 11) is 0. The third-order valence-electron chi connectivity index (χ3n) is 13.3. The first-order chi connectivity index (χ1) is 29.5. The van der Waals surface area contributed by atoms with Crippen molar-refractivity contribution in [1.29, 1.82) is 0 Å². The Labute approximate surface area is 356 Å². The summed E-state index contributed by atoms with van der Waals surface area (Å²) in [6.45, 7) is 12.9. The van der Waals surface area contributed by atoms with Gasteiger partial charge in [-0.1, -0.05) is 24.3 Å². The molecule has 61 heavy (non-hydrogen) atoms. The van der Waals surface area contributed by atoms with Crippen molar-refractivity contribution in [3.05, 3.63) is 94.7 Å². The van der Waals surface area contributed by atoms with Crippen LogP contribution in [-0.2, 0) is 9.53 Å². The number of benzene rings is 3. The molecule has 4 saturated heterocycles. The Balaban J connectivity index is 0.791. The van der Waals surface area contributed by atoms with Crippen molar-refractivity contribution < 1.29 is 24.2 Å². The lowest BCUT2D eigenvalue weighted by Gasteiger charge is -2.38. The molecule has 1 atom stereocenters. The summed E-state index contributed by atoms with van der Waals surface area (Å²) in [5.74, 6) is 0.873. The lowest BCUT2D eigenvalue weighted by molar-refractivity contribution is -0.120. The van der Waals surface area contributed by atoms with Crippen LogP contribution in [0, 0.1) is 26.7 Å². The number of likely N-dealkylation sites (tertiary alicyclic amines) is 2. The summed E-state index contributed by atoms with van der Waals surface area (Å²) in [5.41, 5.74) is 15.2. The molecule has 4 aliphatic heterocycles. The molecule has 0 spiro atoms. The van der Waals surface area contributed by atoms with E-state index in [0.717, 1.165) is 103 Å². The Morgan fingerprint density at radius 2 is 1.66 bits per heavy atom. The summed E-state index contributed by atoms with van der Waals surface area (Å²) in [6.07, 6.45) is 4.17. The highest BCUT2D eigenvalue weighted by Gasteiger charge is 2.32. The number of aryl methyl sites for hydroxylation is 3. The number of fused-ring (bicyclic) bond motifs is 1.